The highest BCUT2D eigenvalue weighted by molar-refractivity contribution is 7.07. The van der Waals surface area contributed by atoms with Crippen LogP contribution in [-0.2, 0) is 9.53 Å². The molecule has 1 aliphatic heterocycles. The molecule has 0 bridgehead atoms. The number of fused-ring (bicyclic) bond motifs is 1. The van der Waals surface area contributed by atoms with Crippen LogP contribution in [0.25, 0.3) is 6.08 Å². The van der Waals surface area contributed by atoms with Crippen LogP contribution >= 0.6 is 11.3 Å². The van der Waals surface area contributed by atoms with Crippen molar-refractivity contribution >= 4 is 23.4 Å². The molecule has 43 heavy (non-hydrogen) atoms. The fraction of sp³-hybridized carbons (Fsp3) is 0.424. The number of thiazole rings is 1. The molecule has 2 aromatic carbocycles. The molecule has 0 N–H and O–H groups in total. The van der Waals surface area contributed by atoms with Crippen LogP contribution in [0.4, 0.5) is 0 Å². The van der Waals surface area contributed by atoms with Crippen LogP contribution in [0, 0.1) is 0 Å². The molecular weight excluding hydrogens is 568 g/mol. The van der Waals surface area contributed by atoms with E-state index in [2.05, 4.69) is 11.9 Å². The Morgan fingerprint density at radius 2 is 1.79 bits per heavy atom. The number of nitrogens with zero attached hydrogens (tertiary/aromatic N) is 2. The van der Waals surface area contributed by atoms with Gasteiger partial charge < -0.3 is 23.7 Å². The Hall–Kier alpha value is -4.05. The summed E-state index contributed by atoms with van der Waals surface area (Å²) in [5.41, 5.74) is 1.97. The zero-order valence-electron chi connectivity index (χ0n) is 25.9. The molecule has 230 valence electrons. The average molecular weight is 609 g/mol. The molecule has 0 radical (unpaired) electrons. The lowest BCUT2D eigenvalue weighted by Crippen LogP contribution is -2.40. The summed E-state index contributed by atoms with van der Waals surface area (Å²) in [4.78, 5) is 32.5. The minimum atomic E-state index is -0.771. The number of benzene rings is 2. The number of rotatable bonds is 13. The van der Waals surface area contributed by atoms with Crippen molar-refractivity contribution in [2.75, 3.05) is 26.9 Å². The molecule has 0 saturated heterocycles. The van der Waals surface area contributed by atoms with Gasteiger partial charge in [0.1, 0.15) is 0 Å². The van der Waals surface area contributed by atoms with E-state index in [4.69, 9.17) is 23.7 Å². The fourth-order valence-corrected chi connectivity index (χ4v) is 5.84. The second-order valence-corrected chi connectivity index (χ2v) is 11.2. The monoisotopic (exact) mass is 608 g/mol. The highest BCUT2D eigenvalue weighted by Crippen LogP contribution is 2.36. The highest BCUT2D eigenvalue weighted by atomic mass is 32.1. The third-order valence-corrected chi connectivity index (χ3v) is 7.69. The first-order valence-electron chi connectivity index (χ1n) is 14.7. The van der Waals surface area contributed by atoms with Gasteiger partial charge in [0, 0.05) is 0 Å². The second kappa shape index (κ2) is 14.4. The van der Waals surface area contributed by atoms with Crippen molar-refractivity contribution in [3.63, 3.8) is 0 Å². The SMILES string of the molecule is CCCCOc1ccc(C=c2sc3n(c2=O)C(c2ccc(OC(C)C)c(OC)c2)C(C(=O)OCC)=C(C)N=3)cc1OCC. The van der Waals surface area contributed by atoms with Crippen molar-refractivity contribution in [1.82, 2.24) is 4.57 Å². The molecule has 4 rings (SSSR count). The van der Waals surface area contributed by atoms with Gasteiger partial charge in [-0.1, -0.05) is 36.8 Å². The Kier molecular flexibility index (Phi) is 10.7. The summed E-state index contributed by atoms with van der Waals surface area (Å²) in [6, 6.07) is 10.3. The average Bonchev–Trinajstić information content (AvgIpc) is 3.27. The third kappa shape index (κ3) is 7.13. The van der Waals surface area contributed by atoms with Crippen molar-refractivity contribution in [3.05, 3.63) is 78.5 Å². The van der Waals surface area contributed by atoms with Gasteiger partial charge in [-0.25, -0.2) is 9.79 Å². The summed E-state index contributed by atoms with van der Waals surface area (Å²) in [7, 11) is 1.56. The standard InChI is InChI=1S/C33H40N2O7S/c1-8-11-16-41-24-14-12-22(17-27(24)39-9-2)18-28-31(36)35-30(23-13-15-25(42-20(4)5)26(19-23)38-7)29(32(37)40-10-3)21(6)34-33(35)43-28/h12-15,17-20,30H,8-11,16H2,1-7H3. The van der Waals surface area contributed by atoms with Crippen molar-refractivity contribution in [3.8, 4) is 23.0 Å². The lowest BCUT2D eigenvalue weighted by molar-refractivity contribution is -0.139. The Morgan fingerprint density at radius 1 is 1.02 bits per heavy atom. The van der Waals surface area contributed by atoms with E-state index in [1.807, 2.05) is 51.1 Å². The zero-order valence-corrected chi connectivity index (χ0v) is 26.7. The van der Waals surface area contributed by atoms with Gasteiger partial charge in [0.15, 0.2) is 27.8 Å². The number of hydrogen-bond acceptors (Lipinski definition) is 9. The van der Waals surface area contributed by atoms with Crippen LogP contribution < -0.4 is 33.8 Å². The predicted molar refractivity (Wildman–Crippen MR) is 167 cm³/mol. The normalized spacial score (nSPS) is 14.8. The quantitative estimate of drug-likeness (QED) is 0.195. The molecule has 1 aromatic heterocycles. The number of unbranched alkanes of at least 4 members (excludes halogenated alkanes) is 1. The van der Waals surface area contributed by atoms with Crippen LogP contribution in [-0.4, -0.2) is 43.6 Å². The fourth-order valence-electron chi connectivity index (χ4n) is 4.79. The summed E-state index contributed by atoms with van der Waals surface area (Å²) in [6.07, 6.45) is 3.73. The molecule has 0 aliphatic carbocycles. The molecule has 0 amide bonds. The van der Waals surface area contributed by atoms with Crippen LogP contribution in [0.5, 0.6) is 23.0 Å². The zero-order chi connectivity index (χ0) is 31.1. The molecule has 0 fully saturated rings. The van der Waals surface area contributed by atoms with Gasteiger partial charge >= 0.3 is 5.97 Å². The van der Waals surface area contributed by atoms with Gasteiger partial charge in [-0.3, -0.25) is 9.36 Å². The molecule has 1 aliphatic rings. The third-order valence-electron chi connectivity index (χ3n) is 6.70. The first-order valence-corrected chi connectivity index (χ1v) is 15.5. The smallest absolute Gasteiger partial charge is 0.338 e. The van der Waals surface area contributed by atoms with E-state index in [9.17, 15) is 9.59 Å². The minimum absolute atomic E-state index is 0.0603. The molecule has 2 heterocycles. The van der Waals surface area contributed by atoms with E-state index in [1.54, 1.807) is 37.7 Å². The number of methoxy groups -OCH3 is 1. The summed E-state index contributed by atoms with van der Waals surface area (Å²) < 4.78 is 30.7. The Morgan fingerprint density at radius 3 is 2.47 bits per heavy atom. The first kappa shape index (κ1) is 31.9. The number of aromatic nitrogens is 1. The second-order valence-electron chi connectivity index (χ2n) is 10.2. The Balaban J connectivity index is 1.86. The maximum absolute atomic E-state index is 14.0. The molecule has 9 nitrogen and oxygen atoms in total. The highest BCUT2D eigenvalue weighted by Gasteiger charge is 2.34. The van der Waals surface area contributed by atoms with Gasteiger partial charge in [0.25, 0.3) is 5.56 Å². The minimum Gasteiger partial charge on any atom is -0.493 e. The Labute approximate surface area is 256 Å². The number of esters is 1. The molecule has 1 atom stereocenters. The summed E-state index contributed by atoms with van der Waals surface area (Å²) >= 11 is 1.26. The summed E-state index contributed by atoms with van der Waals surface area (Å²) in [6.45, 7) is 12.7. The molecule has 0 spiro atoms. The van der Waals surface area contributed by atoms with Crippen LogP contribution in [0.3, 0.4) is 0 Å². The Bertz CT molecular complexity index is 1670. The van der Waals surface area contributed by atoms with E-state index in [0.717, 1.165) is 18.4 Å². The van der Waals surface area contributed by atoms with E-state index < -0.39 is 12.0 Å². The summed E-state index contributed by atoms with van der Waals surface area (Å²) in [5, 5.41) is 0. The lowest BCUT2D eigenvalue weighted by atomic mass is 9.95. The van der Waals surface area contributed by atoms with Gasteiger partial charge in [0.2, 0.25) is 0 Å². The van der Waals surface area contributed by atoms with Crippen molar-refractivity contribution < 1.29 is 28.5 Å². The van der Waals surface area contributed by atoms with E-state index >= 15 is 0 Å². The van der Waals surface area contributed by atoms with Crippen LogP contribution in [0.1, 0.15) is 71.6 Å². The maximum Gasteiger partial charge on any atom is 0.338 e. The van der Waals surface area contributed by atoms with E-state index in [1.165, 1.54) is 11.3 Å². The van der Waals surface area contributed by atoms with Gasteiger partial charge in [-0.05, 0) is 82.5 Å². The number of carbonyl (C=O) groups is 1. The van der Waals surface area contributed by atoms with Crippen molar-refractivity contribution in [2.45, 2.75) is 66.5 Å². The number of allylic oxidation sites excluding steroid dienone is 1. The number of ether oxygens (including phenoxy) is 5. The first-order chi connectivity index (χ1) is 20.7. The summed E-state index contributed by atoms with van der Waals surface area (Å²) in [5.74, 6) is 1.83. The number of hydrogen-bond donors (Lipinski definition) is 0. The lowest BCUT2D eigenvalue weighted by Gasteiger charge is -2.25. The van der Waals surface area contributed by atoms with Crippen LogP contribution in [0.15, 0.2) is 57.5 Å². The van der Waals surface area contributed by atoms with Crippen LogP contribution in [0.2, 0.25) is 0 Å². The number of carbonyl (C=O) groups excluding carboxylic acids is 1. The molecule has 3 aromatic rings. The topological polar surface area (TPSA) is 97.6 Å². The molecule has 0 saturated carbocycles. The predicted octanol–water partition coefficient (Wildman–Crippen LogP) is 5.17. The molecule has 10 heteroatoms. The van der Waals surface area contributed by atoms with Gasteiger partial charge in [0.05, 0.1) is 54.9 Å². The van der Waals surface area contributed by atoms with Crippen molar-refractivity contribution in [2.24, 2.45) is 4.99 Å². The molecular formula is C33H40N2O7S. The van der Waals surface area contributed by atoms with Gasteiger partial charge in [-0.15, -0.1) is 0 Å². The molecule has 1 unspecified atom stereocenters. The van der Waals surface area contributed by atoms with Crippen molar-refractivity contribution in [1.29, 1.82) is 0 Å². The van der Waals surface area contributed by atoms with Gasteiger partial charge in [-0.2, -0.15) is 0 Å². The van der Waals surface area contributed by atoms with E-state index in [-0.39, 0.29) is 18.3 Å². The largest absolute Gasteiger partial charge is 0.493 e. The maximum atomic E-state index is 14.0. The van der Waals surface area contributed by atoms with E-state index in [0.29, 0.717) is 62.4 Å².